The van der Waals surface area contributed by atoms with E-state index in [0.29, 0.717) is 6.04 Å². The molecule has 2 aliphatic heterocycles. The van der Waals surface area contributed by atoms with Crippen molar-refractivity contribution >= 4 is 15.9 Å². The van der Waals surface area contributed by atoms with Gasteiger partial charge in [0.05, 0.1) is 0 Å². The van der Waals surface area contributed by atoms with E-state index < -0.39 is 0 Å². The Labute approximate surface area is 102 Å². The molecule has 2 bridgehead atoms. The minimum atomic E-state index is 0.675. The Hall–Kier alpha value is -1.09. The summed E-state index contributed by atoms with van der Waals surface area (Å²) >= 11 is 3.55. The van der Waals surface area contributed by atoms with Gasteiger partial charge in [-0.25, -0.2) is 4.98 Å². The molecule has 0 unspecified atom stereocenters. The second-order valence-electron chi connectivity index (χ2n) is 4.71. The average Bonchev–Trinajstić information content (AvgIpc) is 2.59. The first-order valence-corrected chi connectivity index (χ1v) is 6.45. The van der Waals surface area contributed by atoms with Gasteiger partial charge >= 0.3 is 0 Å². The van der Waals surface area contributed by atoms with Crippen molar-refractivity contribution in [2.45, 2.75) is 24.8 Å². The first-order chi connectivity index (χ1) is 7.83. The normalized spacial score (nSPS) is 25.3. The van der Waals surface area contributed by atoms with Crippen LogP contribution in [0.25, 0.3) is 11.4 Å². The van der Waals surface area contributed by atoms with Crippen LogP contribution in [0.2, 0.25) is 0 Å². The summed E-state index contributed by atoms with van der Waals surface area (Å²) in [4.78, 5) is 4.52. The van der Waals surface area contributed by atoms with E-state index in [2.05, 4.69) is 49.9 Å². The fourth-order valence-corrected chi connectivity index (χ4v) is 3.32. The number of hydrogen-bond acceptors (Lipinski definition) is 1. The summed E-state index contributed by atoms with van der Waals surface area (Å²) in [5.41, 5.74) is 2.79. The van der Waals surface area contributed by atoms with Crippen molar-refractivity contribution in [3.63, 3.8) is 0 Å². The summed E-state index contributed by atoms with van der Waals surface area (Å²) < 4.78 is 3.48. The van der Waals surface area contributed by atoms with Crippen LogP contribution in [-0.4, -0.2) is 9.55 Å². The molecule has 2 aromatic rings. The van der Waals surface area contributed by atoms with Crippen molar-refractivity contribution in [3.05, 3.63) is 40.6 Å². The maximum absolute atomic E-state index is 4.52. The highest BCUT2D eigenvalue weighted by Gasteiger charge is 2.37. The fourth-order valence-electron chi connectivity index (χ4n) is 2.96. The lowest BCUT2D eigenvalue weighted by molar-refractivity contribution is 0.274. The van der Waals surface area contributed by atoms with Crippen molar-refractivity contribution in [3.8, 4) is 11.4 Å². The number of benzene rings is 1. The number of aromatic nitrogens is 2. The van der Waals surface area contributed by atoms with Crippen LogP contribution in [0.5, 0.6) is 0 Å². The monoisotopic (exact) mass is 274 g/mol. The maximum atomic E-state index is 4.52. The van der Waals surface area contributed by atoms with Crippen LogP contribution in [0.15, 0.2) is 35.1 Å². The molecule has 80 valence electrons. The zero-order valence-electron chi connectivity index (χ0n) is 8.73. The van der Waals surface area contributed by atoms with Gasteiger partial charge in [-0.2, -0.15) is 0 Å². The molecule has 0 N–H and O–H groups in total. The zero-order valence-corrected chi connectivity index (χ0v) is 10.3. The fraction of sp³-hybridized carbons (Fsp3) is 0.308. The first-order valence-electron chi connectivity index (χ1n) is 5.65. The van der Waals surface area contributed by atoms with Gasteiger partial charge in [-0.3, -0.25) is 0 Å². The van der Waals surface area contributed by atoms with Gasteiger partial charge in [0.2, 0.25) is 0 Å². The molecule has 0 saturated heterocycles. The van der Waals surface area contributed by atoms with E-state index >= 15 is 0 Å². The van der Waals surface area contributed by atoms with E-state index in [1.165, 1.54) is 24.0 Å². The molecule has 0 amide bonds. The van der Waals surface area contributed by atoms with Gasteiger partial charge in [-0.1, -0.05) is 22.0 Å². The van der Waals surface area contributed by atoms with Crippen molar-refractivity contribution in [2.75, 3.05) is 0 Å². The summed E-state index contributed by atoms with van der Waals surface area (Å²) in [6.45, 7) is 0. The third kappa shape index (κ3) is 1.04. The molecule has 3 aliphatic rings. The smallest absolute Gasteiger partial charge is 0.140 e. The third-order valence-electron chi connectivity index (χ3n) is 3.87. The zero-order chi connectivity index (χ0) is 10.7. The Bertz CT molecular complexity index is 567. The second-order valence-corrected chi connectivity index (χ2v) is 5.63. The van der Waals surface area contributed by atoms with Gasteiger partial charge in [0.25, 0.3) is 0 Å². The molecule has 1 fully saturated rings. The van der Waals surface area contributed by atoms with E-state index in [4.69, 9.17) is 0 Å². The molecule has 3 heterocycles. The Kier molecular flexibility index (Phi) is 1.67. The summed E-state index contributed by atoms with van der Waals surface area (Å²) in [5, 5.41) is 0. The van der Waals surface area contributed by atoms with Gasteiger partial charge in [-0.05, 0) is 36.5 Å². The van der Waals surface area contributed by atoms with E-state index in [1.54, 1.807) is 0 Å². The lowest BCUT2D eigenvalue weighted by atomic mass is 9.76. The molecule has 1 aromatic heterocycles. The molecule has 1 saturated carbocycles. The lowest BCUT2D eigenvalue weighted by Crippen LogP contribution is -2.22. The van der Waals surface area contributed by atoms with Gasteiger partial charge in [-0.15, -0.1) is 0 Å². The van der Waals surface area contributed by atoms with E-state index in [-0.39, 0.29) is 0 Å². The molecule has 5 rings (SSSR count). The van der Waals surface area contributed by atoms with Gasteiger partial charge in [0.15, 0.2) is 0 Å². The first kappa shape index (κ1) is 8.99. The van der Waals surface area contributed by atoms with Crippen molar-refractivity contribution in [2.24, 2.45) is 0 Å². The minimum Gasteiger partial charge on any atom is -0.328 e. The van der Waals surface area contributed by atoms with Crippen LogP contribution in [-0.2, 0) is 0 Å². The highest BCUT2D eigenvalue weighted by molar-refractivity contribution is 9.10. The summed E-state index contributed by atoms with van der Waals surface area (Å²) in [6, 6.07) is 7.28. The summed E-state index contributed by atoms with van der Waals surface area (Å²) in [6.07, 6.45) is 6.58. The molecule has 0 spiro atoms. The Balaban J connectivity index is 2.06. The highest BCUT2D eigenvalue weighted by atomic mass is 79.9. The quantitative estimate of drug-likeness (QED) is 0.716. The number of halogens is 1. The largest absolute Gasteiger partial charge is 0.328 e. The Morgan fingerprint density at radius 2 is 2.19 bits per heavy atom. The SMILES string of the molecule is Brc1ccc2c(c1)-c1nccn1C1CC2C1. The molecule has 1 aliphatic carbocycles. The van der Waals surface area contributed by atoms with Gasteiger partial charge in [0.1, 0.15) is 5.82 Å². The number of rotatable bonds is 0. The standard InChI is InChI=1S/C13H11BrN2/c14-9-1-2-11-8-5-10(6-8)16-4-3-15-13(16)12(11)7-9/h1-4,7-8,10H,5-6H2. The average molecular weight is 275 g/mol. The van der Waals surface area contributed by atoms with Crippen molar-refractivity contribution in [1.82, 2.24) is 9.55 Å². The maximum Gasteiger partial charge on any atom is 0.140 e. The summed E-state index contributed by atoms with van der Waals surface area (Å²) in [7, 11) is 0. The number of nitrogens with zero attached hydrogens (tertiary/aromatic N) is 2. The molecule has 1 aromatic carbocycles. The third-order valence-corrected chi connectivity index (χ3v) is 4.36. The van der Waals surface area contributed by atoms with Gasteiger partial charge in [0, 0.05) is 28.5 Å². The number of imidazole rings is 1. The van der Waals surface area contributed by atoms with Crippen molar-refractivity contribution in [1.29, 1.82) is 0 Å². The highest BCUT2D eigenvalue weighted by Crippen LogP contribution is 2.51. The van der Waals surface area contributed by atoms with Crippen LogP contribution in [0.4, 0.5) is 0 Å². The summed E-state index contributed by atoms with van der Waals surface area (Å²) in [5.74, 6) is 1.89. The molecule has 3 heteroatoms. The van der Waals surface area contributed by atoms with Crippen LogP contribution in [0, 0.1) is 0 Å². The predicted molar refractivity (Wildman–Crippen MR) is 66.4 cm³/mol. The topological polar surface area (TPSA) is 17.8 Å². The van der Waals surface area contributed by atoms with E-state index in [1.807, 2.05) is 6.20 Å². The van der Waals surface area contributed by atoms with Crippen LogP contribution in [0.3, 0.4) is 0 Å². The molecular weight excluding hydrogens is 264 g/mol. The predicted octanol–water partition coefficient (Wildman–Crippen LogP) is 3.74. The Morgan fingerprint density at radius 1 is 1.31 bits per heavy atom. The van der Waals surface area contributed by atoms with Crippen LogP contribution in [0.1, 0.15) is 30.4 Å². The molecular formula is C13H11BrN2. The van der Waals surface area contributed by atoms with E-state index in [0.717, 1.165) is 16.2 Å². The second kappa shape index (κ2) is 2.98. The minimum absolute atomic E-state index is 0.675. The molecule has 16 heavy (non-hydrogen) atoms. The van der Waals surface area contributed by atoms with Crippen LogP contribution >= 0.6 is 15.9 Å². The molecule has 2 nitrogen and oxygen atoms in total. The van der Waals surface area contributed by atoms with Gasteiger partial charge < -0.3 is 4.57 Å². The molecule has 0 atom stereocenters. The van der Waals surface area contributed by atoms with E-state index in [9.17, 15) is 0 Å². The van der Waals surface area contributed by atoms with Crippen LogP contribution < -0.4 is 0 Å². The number of hydrogen-bond donors (Lipinski definition) is 0. The molecule has 0 radical (unpaired) electrons. The van der Waals surface area contributed by atoms with Crippen molar-refractivity contribution < 1.29 is 0 Å². The lowest BCUT2D eigenvalue weighted by Gasteiger charge is -2.34. The Morgan fingerprint density at radius 3 is 3.06 bits per heavy atom.